The monoisotopic (exact) mass is 367 g/mol. The number of aryl methyl sites for hydroxylation is 1. The normalized spacial score (nSPS) is 16.8. The van der Waals surface area contributed by atoms with Crippen LogP contribution in [0, 0.1) is 0 Å². The first-order chi connectivity index (χ1) is 11.4. The summed E-state index contributed by atoms with van der Waals surface area (Å²) in [6, 6.07) is 7.77. The lowest BCUT2D eigenvalue weighted by atomic mass is 9.95. The van der Waals surface area contributed by atoms with Crippen molar-refractivity contribution < 1.29 is 9.59 Å². The minimum absolute atomic E-state index is 0. The SMILES string of the molecule is CCCC(C)(N)C(=O)N1CCN(C(=O)c2ccc(CC)cc2)CC1.Cl. The molecule has 1 aromatic carbocycles. The summed E-state index contributed by atoms with van der Waals surface area (Å²) in [5.74, 6) is 0.0255. The van der Waals surface area contributed by atoms with E-state index in [0.717, 1.165) is 12.8 Å². The van der Waals surface area contributed by atoms with Crippen LogP contribution in [0.5, 0.6) is 0 Å². The highest BCUT2D eigenvalue weighted by Gasteiger charge is 2.34. The Balaban J connectivity index is 0.00000312. The van der Waals surface area contributed by atoms with Crippen LogP contribution in [0.4, 0.5) is 0 Å². The zero-order chi connectivity index (χ0) is 17.7. The van der Waals surface area contributed by atoms with Gasteiger partial charge in [-0.15, -0.1) is 12.4 Å². The summed E-state index contributed by atoms with van der Waals surface area (Å²) in [4.78, 5) is 28.7. The molecule has 25 heavy (non-hydrogen) atoms. The highest BCUT2D eigenvalue weighted by Crippen LogP contribution is 2.16. The fourth-order valence-electron chi connectivity index (χ4n) is 3.17. The summed E-state index contributed by atoms with van der Waals surface area (Å²) >= 11 is 0. The highest BCUT2D eigenvalue weighted by atomic mass is 35.5. The number of rotatable bonds is 5. The van der Waals surface area contributed by atoms with Gasteiger partial charge in [-0.3, -0.25) is 9.59 Å². The molecule has 2 rings (SSSR count). The molecule has 0 spiro atoms. The van der Waals surface area contributed by atoms with Crippen LogP contribution < -0.4 is 5.73 Å². The first-order valence-electron chi connectivity index (χ1n) is 8.85. The second-order valence-corrected chi connectivity index (χ2v) is 6.80. The van der Waals surface area contributed by atoms with Crippen molar-refractivity contribution in [2.75, 3.05) is 26.2 Å². The molecule has 1 fully saturated rings. The van der Waals surface area contributed by atoms with Crippen molar-refractivity contribution in [3.63, 3.8) is 0 Å². The summed E-state index contributed by atoms with van der Waals surface area (Å²) in [6.07, 6.45) is 2.52. The molecule has 1 saturated heterocycles. The number of halogens is 1. The molecule has 1 atom stereocenters. The van der Waals surface area contributed by atoms with E-state index < -0.39 is 5.54 Å². The van der Waals surface area contributed by atoms with Gasteiger partial charge in [0.1, 0.15) is 0 Å². The van der Waals surface area contributed by atoms with Gasteiger partial charge in [-0.25, -0.2) is 0 Å². The van der Waals surface area contributed by atoms with E-state index in [1.807, 2.05) is 36.1 Å². The van der Waals surface area contributed by atoms with Crippen LogP contribution in [0.1, 0.15) is 49.5 Å². The highest BCUT2D eigenvalue weighted by molar-refractivity contribution is 5.94. The van der Waals surface area contributed by atoms with Crippen molar-refractivity contribution in [2.45, 2.75) is 45.6 Å². The molecule has 1 aliphatic heterocycles. The molecule has 0 radical (unpaired) electrons. The number of hydrogen-bond acceptors (Lipinski definition) is 3. The van der Waals surface area contributed by atoms with E-state index in [1.54, 1.807) is 11.8 Å². The third kappa shape index (κ3) is 5.19. The number of carbonyl (C=O) groups excluding carboxylic acids is 2. The molecule has 5 nitrogen and oxygen atoms in total. The van der Waals surface area contributed by atoms with E-state index in [4.69, 9.17) is 5.73 Å². The van der Waals surface area contributed by atoms with Crippen LogP contribution in [0.15, 0.2) is 24.3 Å². The molecule has 0 aromatic heterocycles. The van der Waals surface area contributed by atoms with Gasteiger partial charge in [-0.1, -0.05) is 32.4 Å². The smallest absolute Gasteiger partial charge is 0.253 e. The van der Waals surface area contributed by atoms with Crippen LogP contribution in [0.2, 0.25) is 0 Å². The van der Waals surface area contributed by atoms with Crippen LogP contribution in [-0.4, -0.2) is 53.3 Å². The van der Waals surface area contributed by atoms with Gasteiger partial charge in [0.2, 0.25) is 5.91 Å². The molecule has 2 N–H and O–H groups in total. The van der Waals surface area contributed by atoms with Crippen molar-refractivity contribution in [3.05, 3.63) is 35.4 Å². The number of benzene rings is 1. The Morgan fingerprint density at radius 3 is 2.04 bits per heavy atom. The minimum Gasteiger partial charge on any atom is -0.338 e. The molecule has 1 heterocycles. The van der Waals surface area contributed by atoms with Crippen LogP contribution in [-0.2, 0) is 11.2 Å². The van der Waals surface area contributed by atoms with Crippen molar-refractivity contribution >= 4 is 24.2 Å². The van der Waals surface area contributed by atoms with E-state index in [1.165, 1.54) is 5.56 Å². The molecular formula is C19H30ClN3O2. The standard InChI is InChI=1S/C19H29N3O2.ClH/c1-4-10-19(3,20)18(24)22-13-11-21(12-14-22)17(23)16-8-6-15(5-2)7-9-16;/h6-9H,4-5,10-14,20H2,1-3H3;1H. The zero-order valence-corrected chi connectivity index (χ0v) is 16.3. The van der Waals surface area contributed by atoms with Crippen molar-refractivity contribution in [3.8, 4) is 0 Å². The Morgan fingerprint density at radius 2 is 1.56 bits per heavy atom. The number of amides is 2. The van der Waals surface area contributed by atoms with Gasteiger partial charge < -0.3 is 15.5 Å². The van der Waals surface area contributed by atoms with Crippen molar-refractivity contribution in [1.29, 1.82) is 0 Å². The molecule has 1 aromatic rings. The van der Waals surface area contributed by atoms with E-state index in [2.05, 4.69) is 6.92 Å². The van der Waals surface area contributed by atoms with Gasteiger partial charge >= 0.3 is 0 Å². The predicted molar refractivity (Wildman–Crippen MR) is 103 cm³/mol. The molecule has 1 aliphatic rings. The maximum Gasteiger partial charge on any atom is 0.253 e. The third-order valence-electron chi connectivity index (χ3n) is 4.72. The second-order valence-electron chi connectivity index (χ2n) is 6.80. The summed E-state index contributed by atoms with van der Waals surface area (Å²) in [5.41, 5.74) is 7.27. The Bertz CT molecular complexity index is 579. The van der Waals surface area contributed by atoms with Crippen molar-refractivity contribution in [1.82, 2.24) is 9.80 Å². The summed E-state index contributed by atoms with van der Waals surface area (Å²) in [5, 5.41) is 0. The average Bonchev–Trinajstić information content (AvgIpc) is 2.60. The van der Waals surface area contributed by atoms with E-state index in [-0.39, 0.29) is 24.2 Å². The molecule has 1 unspecified atom stereocenters. The molecule has 140 valence electrons. The van der Waals surface area contributed by atoms with Gasteiger partial charge in [0.25, 0.3) is 5.91 Å². The summed E-state index contributed by atoms with van der Waals surface area (Å²) in [7, 11) is 0. The van der Waals surface area contributed by atoms with Gasteiger partial charge in [0, 0.05) is 31.7 Å². The summed E-state index contributed by atoms with van der Waals surface area (Å²) < 4.78 is 0. The van der Waals surface area contributed by atoms with Crippen LogP contribution in [0.3, 0.4) is 0 Å². The number of nitrogens with zero attached hydrogens (tertiary/aromatic N) is 2. The Hall–Kier alpha value is -1.59. The fraction of sp³-hybridized carbons (Fsp3) is 0.579. The lowest BCUT2D eigenvalue weighted by Gasteiger charge is -2.38. The first kappa shape index (κ1) is 21.5. The second kappa shape index (κ2) is 9.20. The maximum atomic E-state index is 12.6. The van der Waals surface area contributed by atoms with Gasteiger partial charge in [0.15, 0.2) is 0 Å². The van der Waals surface area contributed by atoms with Crippen molar-refractivity contribution in [2.24, 2.45) is 5.73 Å². The van der Waals surface area contributed by atoms with Crippen LogP contribution in [0.25, 0.3) is 0 Å². The number of piperazine rings is 1. The fourth-order valence-corrected chi connectivity index (χ4v) is 3.17. The largest absolute Gasteiger partial charge is 0.338 e. The third-order valence-corrected chi connectivity index (χ3v) is 4.72. The molecule has 0 aliphatic carbocycles. The molecule has 2 amide bonds. The van der Waals surface area contributed by atoms with E-state index in [0.29, 0.717) is 38.2 Å². The quantitative estimate of drug-likeness (QED) is 0.869. The number of carbonyl (C=O) groups is 2. The Morgan fingerprint density at radius 1 is 1.04 bits per heavy atom. The lowest BCUT2D eigenvalue weighted by molar-refractivity contribution is -0.138. The minimum atomic E-state index is -0.809. The summed E-state index contributed by atoms with van der Waals surface area (Å²) in [6.45, 7) is 8.13. The maximum absolute atomic E-state index is 12.6. The van der Waals surface area contributed by atoms with E-state index in [9.17, 15) is 9.59 Å². The number of nitrogens with two attached hydrogens (primary N) is 1. The van der Waals surface area contributed by atoms with Crippen LogP contribution >= 0.6 is 12.4 Å². The van der Waals surface area contributed by atoms with Gasteiger partial charge in [-0.2, -0.15) is 0 Å². The van der Waals surface area contributed by atoms with Gasteiger partial charge in [-0.05, 0) is 37.5 Å². The Labute approximate surface area is 157 Å². The molecule has 6 heteroatoms. The first-order valence-corrected chi connectivity index (χ1v) is 8.85. The zero-order valence-electron chi connectivity index (χ0n) is 15.5. The van der Waals surface area contributed by atoms with E-state index >= 15 is 0 Å². The lowest BCUT2D eigenvalue weighted by Crippen LogP contribution is -2.58. The molecule has 0 bridgehead atoms. The molecule has 0 saturated carbocycles. The predicted octanol–water partition coefficient (Wildman–Crippen LogP) is 2.47. The van der Waals surface area contributed by atoms with Gasteiger partial charge in [0.05, 0.1) is 5.54 Å². The Kier molecular flexibility index (Phi) is 7.90. The molecular weight excluding hydrogens is 338 g/mol. The topological polar surface area (TPSA) is 66.6 Å². The average molecular weight is 368 g/mol. The number of hydrogen-bond donors (Lipinski definition) is 1.